The van der Waals surface area contributed by atoms with E-state index in [9.17, 15) is 0 Å². The third-order valence-corrected chi connectivity index (χ3v) is 5.74. The number of H-pyrrole nitrogens is 1. The van der Waals surface area contributed by atoms with Crippen LogP contribution in [0.5, 0.6) is 0 Å². The van der Waals surface area contributed by atoms with E-state index in [4.69, 9.17) is 15.5 Å². The van der Waals surface area contributed by atoms with Gasteiger partial charge in [-0.2, -0.15) is 5.10 Å². The molecule has 2 aliphatic rings. The molecule has 8 nitrogen and oxygen atoms in total. The number of ether oxygens (including phenoxy) is 1. The van der Waals surface area contributed by atoms with Gasteiger partial charge in [0.1, 0.15) is 17.0 Å². The molecule has 0 radical (unpaired) electrons. The number of nitrogens with one attached hydrogen (secondary N) is 1. The van der Waals surface area contributed by atoms with Gasteiger partial charge in [0.25, 0.3) is 0 Å². The average Bonchev–Trinajstić information content (AvgIpc) is 3.45. The Labute approximate surface area is 163 Å². The molecule has 28 heavy (non-hydrogen) atoms. The summed E-state index contributed by atoms with van der Waals surface area (Å²) in [5, 5.41) is 8.24. The summed E-state index contributed by atoms with van der Waals surface area (Å²) in [5.41, 5.74) is 9.88. The SMILES string of the molecule is NCC1CCCN1c1cc(N2CCOCC2)nc2c(-c3ccn[nH]3)nccc12. The lowest BCUT2D eigenvalue weighted by Crippen LogP contribution is -2.38. The van der Waals surface area contributed by atoms with Gasteiger partial charge in [-0.25, -0.2) is 4.98 Å². The molecule has 146 valence electrons. The Kier molecular flexibility index (Phi) is 4.58. The second-order valence-electron chi connectivity index (χ2n) is 7.35. The summed E-state index contributed by atoms with van der Waals surface area (Å²) in [7, 11) is 0. The van der Waals surface area contributed by atoms with Gasteiger partial charge in [0.2, 0.25) is 0 Å². The van der Waals surface area contributed by atoms with Gasteiger partial charge in [-0.05, 0) is 25.0 Å². The van der Waals surface area contributed by atoms with Gasteiger partial charge in [-0.15, -0.1) is 0 Å². The Morgan fingerprint density at radius 3 is 2.86 bits per heavy atom. The second-order valence-corrected chi connectivity index (χ2v) is 7.35. The van der Waals surface area contributed by atoms with E-state index in [0.29, 0.717) is 12.6 Å². The molecule has 2 fully saturated rings. The van der Waals surface area contributed by atoms with Crippen LogP contribution in [-0.4, -0.2) is 65.6 Å². The van der Waals surface area contributed by atoms with E-state index < -0.39 is 0 Å². The summed E-state index contributed by atoms with van der Waals surface area (Å²) in [6.45, 7) is 4.82. The molecule has 2 saturated heterocycles. The van der Waals surface area contributed by atoms with Crippen molar-refractivity contribution in [3.8, 4) is 11.4 Å². The second kappa shape index (κ2) is 7.37. The zero-order chi connectivity index (χ0) is 18.9. The van der Waals surface area contributed by atoms with Crippen LogP contribution >= 0.6 is 0 Å². The summed E-state index contributed by atoms with van der Waals surface area (Å²) < 4.78 is 5.53. The largest absolute Gasteiger partial charge is 0.378 e. The van der Waals surface area contributed by atoms with Crippen LogP contribution in [0.3, 0.4) is 0 Å². The minimum absolute atomic E-state index is 0.368. The van der Waals surface area contributed by atoms with Crippen LogP contribution in [0.1, 0.15) is 12.8 Å². The lowest BCUT2D eigenvalue weighted by atomic mass is 10.1. The normalized spacial score (nSPS) is 20.2. The maximum atomic E-state index is 6.08. The molecule has 0 bridgehead atoms. The van der Waals surface area contributed by atoms with Crippen LogP contribution in [0, 0.1) is 0 Å². The Hall–Kier alpha value is -2.71. The molecule has 0 saturated carbocycles. The highest BCUT2D eigenvalue weighted by molar-refractivity contribution is 6.00. The molecule has 0 amide bonds. The van der Waals surface area contributed by atoms with Gasteiger partial charge in [0.05, 0.1) is 24.6 Å². The van der Waals surface area contributed by atoms with Gasteiger partial charge in [0.15, 0.2) is 0 Å². The molecule has 0 aliphatic carbocycles. The number of aromatic amines is 1. The number of anilines is 2. The summed E-state index contributed by atoms with van der Waals surface area (Å²) in [6.07, 6.45) is 5.89. The molecule has 0 aromatic carbocycles. The van der Waals surface area contributed by atoms with Crippen molar-refractivity contribution in [1.29, 1.82) is 0 Å². The lowest BCUT2D eigenvalue weighted by Gasteiger charge is -2.31. The van der Waals surface area contributed by atoms with Gasteiger partial charge < -0.3 is 20.3 Å². The topological polar surface area (TPSA) is 96.2 Å². The molecular formula is C20H25N7O. The third-order valence-electron chi connectivity index (χ3n) is 5.74. The number of fused-ring (bicyclic) bond motifs is 1. The maximum absolute atomic E-state index is 6.08. The van der Waals surface area contributed by atoms with Gasteiger partial charge in [0, 0.05) is 56.1 Å². The van der Waals surface area contributed by atoms with Crippen molar-refractivity contribution in [1.82, 2.24) is 20.2 Å². The fourth-order valence-electron chi connectivity index (χ4n) is 4.30. The molecule has 3 aromatic heterocycles. The Morgan fingerprint density at radius 1 is 1.18 bits per heavy atom. The van der Waals surface area contributed by atoms with Crippen LogP contribution in [0.25, 0.3) is 22.3 Å². The summed E-state index contributed by atoms with van der Waals surface area (Å²) in [5.74, 6) is 0.974. The van der Waals surface area contributed by atoms with Crippen molar-refractivity contribution in [3.63, 3.8) is 0 Å². The monoisotopic (exact) mass is 379 g/mol. The number of morpholine rings is 1. The van der Waals surface area contributed by atoms with Gasteiger partial charge >= 0.3 is 0 Å². The summed E-state index contributed by atoms with van der Waals surface area (Å²) >= 11 is 0. The van der Waals surface area contributed by atoms with Crippen LogP contribution in [0.2, 0.25) is 0 Å². The van der Waals surface area contributed by atoms with E-state index in [2.05, 4.69) is 37.1 Å². The standard InChI is InChI=1S/C20H25N7O/c21-13-14-2-1-7-27(14)17-12-18(26-8-10-28-11-9-26)24-19-15(17)3-5-22-20(19)16-4-6-23-25-16/h3-6,12,14H,1-2,7-11,13,21H2,(H,23,25). The molecule has 0 spiro atoms. The van der Waals surface area contributed by atoms with Crippen molar-refractivity contribution in [2.24, 2.45) is 5.73 Å². The fourth-order valence-corrected chi connectivity index (χ4v) is 4.30. The van der Waals surface area contributed by atoms with Crippen LogP contribution in [0.15, 0.2) is 30.6 Å². The third kappa shape index (κ3) is 2.98. The van der Waals surface area contributed by atoms with Crippen LogP contribution in [-0.2, 0) is 4.74 Å². The molecule has 1 atom stereocenters. The first-order chi connectivity index (χ1) is 13.8. The molecule has 2 aliphatic heterocycles. The van der Waals surface area contributed by atoms with Crippen molar-refractivity contribution in [3.05, 3.63) is 30.6 Å². The molecule has 1 unspecified atom stereocenters. The maximum Gasteiger partial charge on any atom is 0.131 e. The summed E-state index contributed by atoms with van der Waals surface area (Å²) in [4.78, 5) is 14.4. The molecule has 8 heteroatoms. The highest BCUT2D eigenvalue weighted by atomic mass is 16.5. The number of nitrogens with two attached hydrogens (primary N) is 1. The van der Waals surface area contributed by atoms with Gasteiger partial charge in [-0.3, -0.25) is 10.1 Å². The van der Waals surface area contributed by atoms with E-state index in [0.717, 1.165) is 73.8 Å². The van der Waals surface area contributed by atoms with E-state index in [1.165, 1.54) is 5.69 Å². The molecule has 3 aromatic rings. The molecule has 5 heterocycles. The van der Waals surface area contributed by atoms with Crippen LogP contribution < -0.4 is 15.5 Å². The van der Waals surface area contributed by atoms with E-state index >= 15 is 0 Å². The first-order valence-electron chi connectivity index (χ1n) is 9.94. The first-order valence-corrected chi connectivity index (χ1v) is 9.94. The number of hydrogen-bond donors (Lipinski definition) is 2. The Bertz CT molecular complexity index is 953. The van der Waals surface area contributed by atoms with Crippen molar-refractivity contribution >= 4 is 22.4 Å². The first kappa shape index (κ1) is 17.4. The van der Waals surface area contributed by atoms with Crippen molar-refractivity contribution in [2.45, 2.75) is 18.9 Å². The average molecular weight is 379 g/mol. The Balaban J connectivity index is 1.71. The molecule has 3 N–H and O–H groups in total. The fraction of sp³-hybridized carbons (Fsp3) is 0.450. The summed E-state index contributed by atoms with van der Waals surface area (Å²) in [6, 6.07) is 6.58. The number of rotatable bonds is 4. The van der Waals surface area contributed by atoms with E-state index in [-0.39, 0.29) is 0 Å². The number of nitrogens with zero attached hydrogens (tertiary/aromatic N) is 5. The minimum atomic E-state index is 0.368. The van der Waals surface area contributed by atoms with Crippen molar-refractivity contribution < 1.29 is 4.74 Å². The zero-order valence-electron chi connectivity index (χ0n) is 15.8. The van der Waals surface area contributed by atoms with Crippen LogP contribution in [0.4, 0.5) is 11.5 Å². The number of pyridine rings is 2. The highest BCUT2D eigenvalue weighted by Crippen LogP contribution is 2.37. The van der Waals surface area contributed by atoms with E-state index in [1.54, 1.807) is 6.20 Å². The quantitative estimate of drug-likeness (QED) is 0.713. The number of aromatic nitrogens is 4. The van der Waals surface area contributed by atoms with Crippen molar-refractivity contribution in [2.75, 3.05) is 49.2 Å². The minimum Gasteiger partial charge on any atom is -0.378 e. The zero-order valence-corrected chi connectivity index (χ0v) is 15.8. The molecular weight excluding hydrogens is 354 g/mol. The predicted octanol–water partition coefficient (Wildman–Crippen LogP) is 1.78. The highest BCUT2D eigenvalue weighted by Gasteiger charge is 2.27. The van der Waals surface area contributed by atoms with E-state index in [1.807, 2.05) is 12.3 Å². The van der Waals surface area contributed by atoms with Gasteiger partial charge in [-0.1, -0.05) is 0 Å². The molecule has 5 rings (SSSR count). The smallest absolute Gasteiger partial charge is 0.131 e. The Morgan fingerprint density at radius 2 is 2.07 bits per heavy atom. The predicted molar refractivity (Wildman–Crippen MR) is 110 cm³/mol. The lowest BCUT2D eigenvalue weighted by molar-refractivity contribution is 0.122. The number of hydrogen-bond acceptors (Lipinski definition) is 7.